The van der Waals surface area contributed by atoms with Crippen LogP contribution in [0.1, 0.15) is 90.4 Å². The highest BCUT2D eigenvalue weighted by atomic mass is 16.6. The molecule has 130 valence electrons. The molecule has 0 saturated carbocycles. The second-order valence-electron chi connectivity index (χ2n) is 6.00. The molecule has 0 fully saturated rings. The number of ether oxygens (including phenoxy) is 1. The van der Waals surface area contributed by atoms with Gasteiger partial charge in [-0.05, 0) is 6.42 Å². The number of unbranched alkanes of at least 4 members (excludes halogenated alkanes) is 10. The smallest absolute Gasteiger partial charge is 0.316 e. The second kappa shape index (κ2) is 15.0. The lowest BCUT2D eigenvalue weighted by atomic mass is 10.1. The van der Waals surface area contributed by atoms with Crippen molar-refractivity contribution in [3.8, 4) is 0 Å². The average Bonchev–Trinajstić information content (AvgIpc) is 2.43. The monoisotopic (exact) mass is 314 g/mol. The number of hydrogen-bond acceptors (Lipinski definition) is 5. The van der Waals surface area contributed by atoms with Crippen molar-refractivity contribution in [1.29, 1.82) is 0 Å². The van der Waals surface area contributed by atoms with Gasteiger partial charge < -0.3 is 16.2 Å². The Morgan fingerprint density at radius 3 is 1.68 bits per heavy atom. The lowest BCUT2D eigenvalue weighted by Crippen LogP contribution is -2.34. The molecule has 0 unspecified atom stereocenters. The summed E-state index contributed by atoms with van der Waals surface area (Å²) in [5.41, 5.74) is 10.5. The molecule has 0 bridgehead atoms. The summed E-state index contributed by atoms with van der Waals surface area (Å²) < 4.78 is 4.62. The molecule has 22 heavy (non-hydrogen) atoms. The van der Waals surface area contributed by atoms with E-state index in [0.717, 1.165) is 19.3 Å². The second-order valence-corrected chi connectivity index (χ2v) is 6.00. The van der Waals surface area contributed by atoms with Crippen molar-refractivity contribution < 1.29 is 14.3 Å². The predicted molar refractivity (Wildman–Crippen MR) is 89.0 cm³/mol. The third-order valence-corrected chi connectivity index (χ3v) is 3.61. The molecule has 4 N–H and O–H groups in total. The van der Waals surface area contributed by atoms with E-state index in [2.05, 4.69) is 11.7 Å². The Morgan fingerprint density at radius 2 is 1.23 bits per heavy atom. The van der Waals surface area contributed by atoms with Crippen LogP contribution in [0.5, 0.6) is 0 Å². The molecule has 0 radical (unpaired) electrons. The van der Waals surface area contributed by atoms with Crippen molar-refractivity contribution in [2.24, 2.45) is 11.5 Å². The van der Waals surface area contributed by atoms with Gasteiger partial charge in [-0.1, -0.05) is 71.1 Å². The van der Waals surface area contributed by atoms with Gasteiger partial charge in [0.1, 0.15) is 0 Å². The topological polar surface area (TPSA) is 95.4 Å². The molecule has 5 nitrogen and oxygen atoms in total. The SMILES string of the molecule is CCCCCCCCCCCCCC(=O)OC(=O)CC(N)N. The standard InChI is InChI=1S/C17H34N2O3/c1-2-3-4-5-6-7-8-9-10-11-12-13-16(20)22-17(21)14-15(18)19/h15H,2-14,18-19H2,1H3. The molecule has 0 aliphatic rings. The third kappa shape index (κ3) is 15.4. The number of esters is 2. The predicted octanol–water partition coefficient (Wildman–Crippen LogP) is 3.39. The van der Waals surface area contributed by atoms with Gasteiger partial charge in [-0.15, -0.1) is 0 Å². The van der Waals surface area contributed by atoms with Crippen molar-refractivity contribution in [1.82, 2.24) is 0 Å². The minimum Gasteiger partial charge on any atom is -0.393 e. The van der Waals surface area contributed by atoms with Gasteiger partial charge in [0.05, 0.1) is 12.6 Å². The van der Waals surface area contributed by atoms with Gasteiger partial charge >= 0.3 is 11.9 Å². The average molecular weight is 314 g/mol. The highest BCUT2D eigenvalue weighted by Gasteiger charge is 2.11. The van der Waals surface area contributed by atoms with Crippen LogP contribution in [0.3, 0.4) is 0 Å². The van der Waals surface area contributed by atoms with Crippen molar-refractivity contribution in [2.75, 3.05) is 0 Å². The van der Waals surface area contributed by atoms with E-state index in [0.29, 0.717) is 6.42 Å². The van der Waals surface area contributed by atoms with Crippen LogP contribution in [0.4, 0.5) is 0 Å². The van der Waals surface area contributed by atoms with E-state index in [9.17, 15) is 9.59 Å². The van der Waals surface area contributed by atoms with Gasteiger partial charge in [-0.3, -0.25) is 9.59 Å². The molecule has 5 heteroatoms. The molecule has 0 heterocycles. The fourth-order valence-corrected chi connectivity index (χ4v) is 2.35. The molecular formula is C17H34N2O3. The molecule has 0 atom stereocenters. The number of carbonyl (C=O) groups is 2. The Hall–Kier alpha value is -0.940. The van der Waals surface area contributed by atoms with Crippen LogP contribution in [0.15, 0.2) is 0 Å². The van der Waals surface area contributed by atoms with E-state index < -0.39 is 18.1 Å². The maximum absolute atomic E-state index is 11.4. The molecule has 0 saturated heterocycles. The molecule has 0 spiro atoms. The van der Waals surface area contributed by atoms with Crippen LogP contribution in [0.2, 0.25) is 0 Å². The largest absolute Gasteiger partial charge is 0.393 e. The molecule has 0 rings (SSSR count). The summed E-state index contributed by atoms with van der Waals surface area (Å²) in [5.74, 6) is -1.11. The highest BCUT2D eigenvalue weighted by molar-refractivity contribution is 5.85. The summed E-state index contributed by atoms with van der Waals surface area (Å²) in [6, 6.07) is 0. The van der Waals surface area contributed by atoms with Crippen molar-refractivity contribution in [2.45, 2.75) is 96.6 Å². The molecule has 0 amide bonds. The third-order valence-electron chi connectivity index (χ3n) is 3.61. The molecule has 0 aromatic carbocycles. The fraction of sp³-hybridized carbons (Fsp3) is 0.882. The van der Waals surface area contributed by atoms with E-state index in [1.807, 2.05) is 0 Å². The Labute approximate surface area is 135 Å². The minimum absolute atomic E-state index is 0.121. The number of carbonyl (C=O) groups excluding carboxylic acids is 2. The highest BCUT2D eigenvalue weighted by Crippen LogP contribution is 2.12. The molecule has 0 aromatic rings. The Balaban J connectivity index is 3.28. The Bertz CT molecular complexity index is 294. The first kappa shape index (κ1) is 21.1. The number of rotatable bonds is 14. The first-order valence-corrected chi connectivity index (χ1v) is 8.81. The Kier molecular flexibility index (Phi) is 14.3. The molecule has 0 aliphatic carbocycles. The first-order chi connectivity index (χ1) is 10.6. The van der Waals surface area contributed by atoms with Crippen molar-refractivity contribution >= 4 is 11.9 Å². The van der Waals surface area contributed by atoms with E-state index >= 15 is 0 Å². The van der Waals surface area contributed by atoms with Crippen molar-refractivity contribution in [3.05, 3.63) is 0 Å². The first-order valence-electron chi connectivity index (χ1n) is 8.81. The molecule has 0 aliphatic heterocycles. The maximum Gasteiger partial charge on any atom is 0.316 e. The van der Waals surface area contributed by atoms with Gasteiger partial charge in [-0.25, -0.2) is 0 Å². The summed E-state index contributed by atoms with van der Waals surface area (Å²) in [7, 11) is 0. The van der Waals surface area contributed by atoms with Crippen LogP contribution >= 0.6 is 0 Å². The maximum atomic E-state index is 11.4. The van der Waals surface area contributed by atoms with Gasteiger partial charge in [0, 0.05) is 6.42 Å². The summed E-state index contributed by atoms with van der Waals surface area (Å²) in [6.45, 7) is 2.23. The number of nitrogens with two attached hydrogens (primary N) is 2. The van der Waals surface area contributed by atoms with E-state index in [1.54, 1.807) is 0 Å². The Morgan fingerprint density at radius 1 is 0.773 bits per heavy atom. The zero-order chi connectivity index (χ0) is 16.6. The quantitative estimate of drug-likeness (QED) is 0.222. The number of hydrogen-bond donors (Lipinski definition) is 2. The lowest BCUT2D eigenvalue weighted by Gasteiger charge is -2.05. The van der Waals surface area contributed by atoms with E-state index in [-0.39, 0.29) is 6.42 Å². The summed E-state index contributed by atoms with van der Waals surface area (Å²) in [6.07, 6.45) is 12.9. The van der Waals surface area contributed by atoms with Crippen LogP contribution in [0.25, 0.3) is 0 Å². The lowest BCUT2D eigenvalue weighted by molar-refractivity contribution is -0.159. The van der Waals surface area contributed by atoms with Crippen LogP contribution in [-0.4, -0.2) is 18.1 Å². The summed E-state index contributed by atoms with van der Waals surface area (Å²) in [4.78, 5) is 22.5. The van der Waals surface area contributed by atoms with Crippen LogP contribution in [-0.2, 0) is 14.3 Å². The van der Waals surface area contributed by atoms with Gasteiger partial charge in [-0.2, -0.15) is 0 Å². The van der Waals surface area contributed by atoms with Crippen molar-refractivity contribution in [3.63, 3.8) is 0 Å². The summed E-state index contributed by atoms with van der Waals surface area (Å²) in [5, 5.41) is 0. The van der Waals surface area contributed by atoms with Crippen LogP contribution < -0.4 is 11.5 Å². The zero-order valence-electron chi connectivity index (χ0n) is 14.1. The molecule has 0 aromatic heterocycles. The fourth-order valence-electron chi connectivity index (χ4n) is 2.35. The van der Waals surface area contributed by atoms with E-state index in [4.69, 9.17) is 11.5 Å². The normalized spacial score (nSPS) is 10.9. The zero-order valence-corrected chi connectivity index (χ0v) is 14.1. The van der Waals surface area contributed by atoms with Gasteiger partial charge in [0.15, 0.2) is 0 Å². The molecular weight excluding hydrogens is 280 g/mol. The van der Waals surface area contributed by atoms with Gasteiger partial charge in [0.25, 0.3) is 0 Å². The van der Waals surface area contributed by atoms with Crippen LogP contribution in [0, 0.1) is 0 Å². The minimum atomic E-state index is -0.762. The van der Waals surface area contributed by atoms with Gasteiger partial charge in [0.2, 0.25) is 0 Å². The summed E-state index contributed by atoms with van der Waals surface area (Å²) >= 11 is 0. The van der Waals surface area contributed by atoms with E-state index in [1.165, 1.54) is 51.4 Å².